The highest BCUT2D eigenvalue weighted by Gasteiger charge is 2.22. The number of hydrogen-bond acceptors (Lipinski definition) is 6. The van der Waals surface area contributed by atoms with Crippen molar-refractivity contribution >= 4 is 27.6 Å². The minimum Gasteiger partial charge on any atom is -0.497 e. The average Bonchev–Trinajstić information content (AvgIpc) is 2.96. The van der Waals surface area contributed by atoms with Crippen molar-refractivity contribution in [1.29, 1.82) is 0 Å². The summed E-state index contributed by atoms with van der Waals surface area (Å²) >= 11 is 0. The molecule has 0 heterocycles. The van der Waals surface area contributed by atoms with Crippen LogP contribution >= 0.6 is 0 Å². The second-order valence-corrected chi connectivity index (χ2v) is 10.3. The first-order valence-corrected chi connectivity index (χ1v) is 13.6. The second-order valence-electron chi connectivity index (χ2n) is 8.62. The van der Waals surface area contributed by atoms with Gasteiger partial charge in [0.05, 0.1) is 23.3 Å². The number of para-hydroxylation sites is 1. The molecule has 8 nitrogen and oxygen atoms in total. The van der Waals surface area contributed by atoms with Gasteiger partial charge in [-0.05, 0) is 47.5 Å². The Morgan fingerprint density at radius 3 is 1.85 bits per heavy atom. The summed E-state index contributed by atoms with van der Waals surface area (Å²) in [5.74, 6) is -0.695. The number of amides is 1. The maximum Gasteiger partial charge on any atom is 0.340 e. The Balaban J connectivity index is 1.46. The smallest absolute Gasteiger partial charge is 0.340 e. The molecule has 0 aromatic heterocycles. The first kappa shape index (κ1) is 27.4. The standard InChI is InChI=1S/C30H28N2O6S/c1-37-25-16-18-26(19-17-25)39(35,36)31-28-15-9-8-14-27(28)30(34)38-22-29(33)32(20-23-10-4-2-5-11-23)21-24-12-6-3-7-13-24/h2-19,31H,20-22H2,1H3. The van der Waals surface area contributed by atoms with Crippen LogP contribution in [0.4, 0.5) is 5.69 Å². The van der Waals surface area contributed by atoms with Gasteiger partial charge in [-0.15, -0.1) is 0 Å². The number of esters is 1. The Morgan fingerprint density at radius 2 is 1.28 bits per heavy atom. The molecule has 0 unspecified atom stereocenters. The quantitative estimate of drug-likeness (QED) is 0.270. The number of hydrogen-bond donors (Lipinski definition) is 1. The summed E-state index contributed by atoms with van der Waals surface area (Å²) in [6.45, 7) is 0.173. The van der Waals surface area contributed by atoms with Crippen LogP contribution in [-0.2, 0) is 32.6 Å². The van der Waals surface area contributed by atoms with Crippen molar-refractivity contribution in [1.82, 2.24) is 4.90 Å². The molecule has 4 aromatic carbocycles. The molecule has 4 aromatic rings. The minimum atomic E-state index is -4.00. The Kier molecular flexibility index (Phi) is 8.96. The highest BCUT2D eigenvalue weighted by molar-refractivity contribution is 7.92. The minimum absolute atomic E-state index is 0.000820. The third-order valence-electron chi connectivity index (χ3n) is 5.87. The van der Waals surface area contributed by atoms with E-state index in [2.05, 4.69) is 4.72 Å². The molecule has 1 N–H and O–H groups in total. The molecule has 200 valence electrons. The average molecular weight is 545 g/mol. The highest BCUT2D eigenvalue weighted by Crippen LogP contribution is 2.22. The van der Waals surface area contributed by atoms with Crippen LogP contribution in [0.3, 0.4) is 0 Å². The third kappa shape index (κ3) is 7.45. The van der Waals surface area contributed by atoms with E-state index in [0.717, 1.165) is 11.1 Å². The molecule has 0 atom stereocenters. The van der Waals surface area contributed by atoms with Crippen molar-refractivity contribution in [3.05, 3.63) is 126 Å². The van der Waals surface area contributed by atoms with Crippen molar-refractivity contribution in [2.45, 2.75) is 18.0 Å². The zero-order valence-electron chi connectivity index (χ0n) is 21.3. The van der Waals surface area contributed by atoms with Gasteiger partial charge in [0.2, 0.25) is 0 Å². The monoisotopic (exact) mass is 544 g/mol. The van der Waals surface area contributed by atoms with Gasteiger partial charge in [-0.1, -0.05) is 72.8 Å². The third-order valence-corrected chi connectivity index (χ3v) is 7.25. The molecule has 0 spiro atoms. The van der Waals surface area contributed by atoms with Crippen LogP contribution in [0.5, 0.6) is 5.75 Å². The molecule has 9 heteroatoms. The van der Waals surface area contributed by atoms with Gasteiger partial charge in [0.1, 0.15) is 5.75 Å². The van der Waals surface area contributed by atoms with Crippen LogP contribution < -0.4 is 9.46 Å². The molecule has 0 aliphatic heterocycles. The summed E-state index contributed by atoms with van der Waals surface area (Å²) in [5, 5.41) is 0. The van der Waals surface area contributed by atoms with Crippen molar-refractivity contribution < 1.29 is 27.5 Å². The van der Waals surface area contributed by atoms with E-state index in [9.17, 15) is 18.0 Å². The van der Waals surface area contributed by atoms with Gasteiger partial charge in [-0.25, -0.2) is 13.2 Å². The van der Waals surface area contributed by atoms with E-state index in [4.69, 9.17) is 9.47 Å². The first-order chi connectivity index (χ1) is 18.9. The molecule has 0 fully saturated rings. The van der Waals surface area contributed by atoms with E-state index in [1.54, 1.807) is 17.0 Å². The molecule has 0 bridgehead atoms. The highest BCUT2D eigenvalue weighted by atomic mass is 32.2. The topological polar surface area (TPSA) is 102 Å². The molecule has 39 heavy (non-hydrogen) atoms. The summed E-state index contributed by atoms with van der Waals surface area (Å²) in [6, 6.07) is 31.0. The zero-order chi connectivity index (χ0) is 27.7. The normalized spacial score (nSPS) is 10.9. The lowest BCUT2D eigenvalue weighted by molar-refractivity contribution is -0.135. The molecular formula is C30H28N2O6S. The predicted molar refractivity (Wildman–Crippen MR) is 148 cm³/mol. The van der Waals surface area contributed by atoms with Crippen molar-refractivity contribution in [2.24, 2.45) is 0 Å². The summed E-state index contributed by atoms with van der Waals surface area (Å²) in [4.78, 5) is 27.7. The fourth-order valence-electron chi connectivity index (χ4n) is 3.84. The van der Waals surface area contributed by atoms with Crippen molar-refractivity contribution in [3.8, 4) is 5.75 Å². The lowest BCUT2D eigenvalue weighted by Crippen LogP contribution is -2.34. The number of carbonyl (C=O) groups excluding carboxylic acids is 2. The van der Waals surface area contributed by atoms with Gasteiger partial charge in [0, 0.05) is 13.1 Å². The number of benzene rings is 4. The Morgan fingerprint density at radius 1 is 0.744 bits per heavy atom. The van der Waals surface area contributed by atoms with Crippen LogP contribution in [0.25, 0.3) is 0 Å². The van der Waals surface area contributed by atoms with Crippen LogP contribution in [0, 0.1) is 0 Å². The summed E-state index contributed by atoms with van der Waals surface area (Å²) in [7, 11) is -2.51. The van der Waals surface area contributed by atoms with E-state index in [1.165, 1.54) is 43.5 Å². The summed E-state index contributed by atoms with van der Waals surface area (Å²) in [6.07, 6.45) is 0. The lowest BCUT2D eigenvalue weighted by Gasteiger charge is -2.23. The predicted octanol–water partition coefficient (Wildman–Crippen LogP) is 4.88. The largest absolute Gasteiger partial charge is 0.497 e. The second kappa shape index (κ2) is 12.7. The number of carbonyl (C=O) groups is 2. The molecule has 0 saturated heterocycles. The van der Waals surface area contributed by atoms with Gasteiger partial charge >= 0.3 is 5.97 Å². The fraction of sp³-hybridized carbons (Fsp3) is 0.133. The van der Waals surface area contributed by atoms with E-state index < -0.39 is 22.6 Å². The Hall–Kier alpha value is -4.63. The van der Waals surface area contributed by atoms with Crippen molar-refractivity contribution in [2.75, 3.05) is 18.4 Å². The number of ether oxygens (including phenoxy) is 2. The van der Waals surface area contributed by atoms with Crippen LogP contribution in [0.2, 0.25) is 0 Å². The van der Waals surface area contributed by atoms with E-state index in [-0.39, 0.29) is 22.1 Å². The molecule has 0 aliphatic carbocycles. The molecule has 0 aliphatic rings. The van der Waals surface area contributed by atoms with Gasteiger partial charge < -0.3 is 14.4 Å². The number of nitrogens with zero attached hydrogens (tertiary/aromatic N) is 1. The van der Waals surface area contributed by atoms with Gasteiger partial charge in [0.15, 0.2) is 6.61 Å². The molecule has 4 rings (SSSR count). The van der Waals surface area contributed by atoms with Gasteiger partial charge in [-0.3, -0.25) is 9.52 Å². The van der Waals surface area contributed by atoms with Crippen LogP contribution in [0.15, 0.2) is 114 Å². The SMILES string of the molecule is COc1ccc(S(=O)(=O)Nc2ccccc2C(=O)OCC(=O)N(Cc2ccccc2)Cc2ccccc2)cc1. The number of rotatable bonds is 11. The summed E-state index contributed by atoms with van der Waals surface area (Å²) in [5.41, 5.74) is 1.90. The molecule has 1 amide bonds. The van der Waals surface area contributed by atoms with Crippen LogP contribution in [0.1, 0.15) is 21.5 Å². The van der Waals surface area contributed by atoms with E-state index in [0.29, 0.717) is 18.8 Å². The summed E-state index contributed by atoms with van der Waals surface area (Å²) < 4.78 is 38.7. The van der Waals surface area contributed by atoms with Gasteiger partial charge in [0.25, 0.3) is 15.9 Å². The Labute approximate surface area is 227 Å². The number of nitrogens with one attached hydrogen (secondary N) is 1. The Bertz CT molecular complexity index is 1470. The van der Waals surface area contributed by atoms with Gasteiger partial charge in [-0.2, -0.15) is 0 Å². The van der Waals surface area contributed by atoms with E-state index in [1.807, 2.05) is 60.7 Å². The maximum atomic E-state index is 13.2. The number of methoxy groups -OCH3 is 1. The molecular weight excluding hydrogens is 516 g/mol. The fourth-order valence-corrected chi connectivity index (χ4v) is 4.92. The number of anilines is 1. The van der Waals surface area contributed by atoms with Crippen LogP contribution in [-0.4, -0.2) is 38.9 Å². The number of sulfonamides is 1. The first-order valence-electron chi connectivity index (χ1n) is 12.1. The van der Waals surface area contributed by atoms with E-state index >= 15 is 0 Å². The molecule has 0 radical (unpaired) electrons. The molecule has 0 saturated carbocycles. The van der Waals surface area contributed by atoms with Crippen molar-refractivity contribution in [3.63, 3.8) is 0 Å². The zero-order valence-corrected chi connectivity index (χ0v) is 22.1. The lowest BCUT2D eigenvalue weighted by atomic mass is 10.1. The maximum absolute atomic E-state index is 13.2.